The molecule has 0 N–H and O–H groups in total. The molecule has 0 saturated carbocycles. The zero-order valence-corrected chi connectivity index (χ0v) is 4.86. The van der Waals surface area contributed by atoms with Crippen molar-refractivity contribution in [3.05, 3.63) is 0 Å². The summed E-state index contributed by atoms with van der Waals surface area (Å²) in [6.45, 7) is 3.77. The molecule has 0 saturated heterocycles. The molecule has 36 valence electrons. The van der Waals surface area contributed by atoms with Crippen LogP contribution in [0.25, 0.3) is 0 Å². The Kier molecular flexibility index (Phi) is 3.60. The first-order valence-corrected chi connectivity index (χ1v) is 2.42. The fraction of sp³-hybridized carbons (Fsp3) is 0.667. The lowest BCUT2D eigenvalue weighted by Crippen LogP contribution is -1.79. The Bertz CT molecular complexity index is 84.1. The molecule has 0 aliphatic heterocycles. The molecule has 7 heavy (non-hydrogen) atoms. The van der Waals surface area contributed by atoms with Gasteiger partial charge in [0, 0.05) is 6.42 Å². The van der Waals surface area contributed by atoms with Crippen LogP contribution in [0.3, 0.4) is 0 Å². The summed E-state index contributed by atoms with van der Waals surface area (Å²) in [5.74, 6) is 5.87. The highest BCUT2D eigenvalue weighted by Crippen LogP contribution is 1.98. The van der Waals surface area contributed by atoms with Crippen molar-refractivity contribution >= 4 is 7.85 Å². The lowest BCUT2D eigenvalue weighted by atomic mass is 9.87. The van der Waals surface area contributed by atoms with Crippen LogP contribution in [-0.4, -0.2) is 7.85 Å². The zero-order chi connectivity index (χ0) is 5.70. The maximum atomic E-state index is 5.38. The van der Waals surface area contributed by atoms with Crippen molar-refractivity contribution in [1.29, 1.82) is 0 Å². The van der Waals surface area contributed by atoms with Crippen LogP contribution >= 0.6 is 0 Å². The maximum absolute atomic E-state index is 5.38. The molecule has 0 fully saturated rings. The lowest BCUT2D eigenvalue weighted by Gasteiger charge is -1.91. The molecular weight excluding hydrogens is 82.9 g/mol. The highest BCUT2D eigenvalue weighted by Gasteiger charge is 1.83. The molecule has 0 aromatic carbocycles. The van der Waals surface area contributed by atoms with Gasteiger partial charge >= 0.3 is 0 Å². The molecule has 1 unspecified atom stereocenters. The summed E-state index contributed by atoms with van der Waals surface area (Å²) in [5.41, 5.74) is 0. The third-order valence-electron chi connectivity index (χ3n) is 0.601. The van der Waals surface area contributed by atoms with E-state index in [9.17, 15) is 0 Å². The van der Waals surface area contributed by atoms with Crippen LogP contribution in [0, 0.1) is 11.8 Å². The van der Waals surface area contributed by atoms with Crippen LogP contribution < -0.4 is 0 Å². The Balaban J connectivity index is 3.08. The Morgan fingerprint density at radius 1 is 1.71 bits per heavy atom. The van der Waals surface area contributed by atoms with E-state index in [4.69, 9.17) is 7.85 Å². The van der Waals surface area contributed by atoms with Crippen molar-refractivity contribution in [2.24, 2.45) is 0 Å². The first kappa shape index (κ1) is 6.62. The summed E-state index contributed by atoms with van der Waals surface area (Å²) in [5, 5.41) is 0. The standard InChI is InChI=1S/C6H9B/c1-3-4-5-6(2)7/h6H,5H2,1-2H3. The second-order valence-electron chi connectivity index (χ2n) is 1.61. The summed E-state index contributed by atoms with van der Waals surface area (Å²) >= 11 is 0. The average molecular weight is 91.9 g/mol. The Morgan fingerprint density at radius 3 is 2.43 bits per heavy atom. The smallest absolute Gasteiger partial charge is 0.0708 e. The number of hydrogen-bond donors (Lipinski definition) is 0. The molecule has 0 spiro atoms. The quantitative estimate of drug-likeness (QED) is 0.338. The molecule has 0 bridgehead atoms. The van der Waals surface area contributed by atoms with Crippen LogP contribution in [0.1, 0.15) is 20.3 Å². The van der Waals surface area contributed by atoms with Gasteiger partial charge in [-0.3, -0.25) is 0 Å². The van der Waals surface area contributed by atoms with E-state index in [-0.39, 0.29) is 5.82 Å². The molecule has 0 rings (SSSR count). The summed E-state index contributed by atoms with van der Waals surface area (Å²) in [6, 6.07) is 0. The molecule has 0 aromatic heterocycles. The number of rotatable bonds is 1. The minimum absolute atomic E-state index is 0.229. The van der Waals surface area contributed by atoms with Crippen molar-refractivity contribution in [2.75, 3.05) is 0 Å². The van der Waals surface area contributed by atoms with E-state index in [1.165, 1.54) is 0 Å². The molecule has 1 atom stereocenters. The molecule has 0 aromatic rings. The summed E-state index contributed by atoms with van der Waals surface area (Å²) < 4.78 is 0. The van der Waals surface area contributed by atoms with Crippen molar-refractivity contribution in [3.63, 3.8) is 0 Å². The van der Waals surface area contributed by atoms with Crippen molar-refractivity contribution in [3.8, 4) is 11.8 Å². The predicted octanol–water partition coefficient (Wildman–Crippen LogP) is 1.38. The highest BCUT2D eigenvalue weighted by molar-refractivity contribution is 6.11. The fourth-order valence-corrected chi connectivity index (χ4v) is 0.263. The highest BCUT2D eigenvalue weighted by atomic mass is 13.8. The van der Waals surface area contributed by atoms with Gasteiger partial charge in [0.2, 0.25) is 0 Å². The van der Waals surface area contributed by atoms with Gasteiger partial charge in [-0.25, -0.2) is 0 Å². The summed E-state index contributed by atoms with van der Waals surface area (Å²) in [7, 11) is 5.38. The van der Waals surface area contributed by atoms with Crippen LogP contribution in [0.2, 0.25) is 5.82 Å². The van der Waals surface area contributed by atoms with E-state index in [0.29, 0.717) is 0 Å². The predicted molar refractivity (Wildman–Crippen MR) is 33.2 cm³/mol. The Labute approximate surface area is 46.7 Å². The van der Waals surface area contributed by atoms with Gasteiger partial charge in [0.15, 0.2) is 0 Å². The van der Waals surface area contributed by atoms with Crippen LogP contribution in [0.5, 0.6) is 0 Å². The van der Waals surface area contributed by atoms with Gasteiger partial charge in [-0.1, -0.05) is 12.7 Å². The fourth-order valence-electron chi connectivity index (χ4n) is 0.263. The molecule has 0 amide bonds. The van der Waals surface area contributed by atoms with Crippen LogP contribution in [0.15, 0.2) is 0 Å². The zero-order valence-electron chi connectivity index (χ0n) is 4.86. The normalized spacial score (nSPS) is 11.7. The van der Waals surface area contributed by atoms with Crippen LogP contribution in [-0.2, 0) is 0 Å². The lowest BCUT2D eigenvalue weighted by molar-refractivity contribution is 0.975. The van der Waals surface area contributed by atoms with Crippen molar-refractivity contribution < 1.29 is 0 Å². The second kappa shape index (κ2) is 3.80. The van der Waals surface area contributed by atoms with Crippen molar-refractivity contribution in [1.82, 2.24) is 0 Å². The van der Waals surface area contributed by atoms with E-state index in [1.54, 1.807) is 0 Å². The van der Waals surface area contributed by atoms with Crippen molar-refractivity contribution in [2.45, 2.75) is 26.1 Å². The first-order chi connectivity index (χ1) is 3.27. The summed E-state index contributed by atoms with van der Waals surface area (Å²) in [4.78, 5) is 0. The monoisotopic (exact) mass is 92.1 g/mol. The van der Waals surface area contributed by atoms with Crippen LogP contribution in [0.4, 0.5) is 0 Å². The molecule has 0 aliphatic carbocycles. The van der Waals surface area contributed by atoms with E-state index in [2.05, 4.69) is 11.8 Å². The van der Waals surface area contributed by atoms with E-state index in [0.717, 1.165) is 6.42 Å². The SMILES string of the molecule is [B]C(C)CC#CC. The van der Waals surface area contributed by atoms with Gasteiger partial charge in [0.05, 0.1) is 7.85 Å². The summed E-state index contributed by atoms with van der Waals surface area (Å²) in [6.07, 6.45) is 0.816. The number of hydrogen-bond acceptors (Lipinski definition) is 0. The second-order valence-corrected chi connectivity index (χ2v) is 1.61. The molecule has 0 aliphatic rings. The molecule has 0 nitrogen and oxygen atoms in total. The van der Waals surface area contributed by atoms with E-state index in [1.807, 2.05) is 13.8 Å². The van der Waals surface area contributed by atoms with Gasteiger partial charge in [-0.05, 0) is 6.92 Å². The van der Waals surface area contributed by atoms with Gasteiger partial charge in [0.1, 0.15) is 0 Å². The average Bonchev–Trinajstić information content (AvgIpc) is 1.61. The van der Waals surface area contributed by atoms with Gasteiger partial charge in [0.25, 0.3) is 0 Å². The topological polar surface area (TPSA) is 0 Å². The first-order valence-electron chi connectivity index (χ1n) is 2.42. The third-order valence-corrected chi connectivity index (χ3v) is 0.601. The van der Waals surface area contributed by atoms with Gasteiger partial charge in [-0.15, -0.1) is 11.8 Å². The minimum atomic E-state index is 0.229. The molecule has 0 heterocycles. The third kappa shape index (κ3) is 5.62. The Hall–Kier alpha value is -0.375. The van der Waals surface area contributed by atoms with E-state index >= 15 is 0 Å². The minimum Gasteiger partial charge on any atom is -0.107 e. The van der Waals surface area contributed by atoms with Gasteiger partial charge < -0.3 is 0 Å². The van der Waals surface area contributed by atoms with E-state index < -0.39 is 0 Å². The Morgan fingerprint density at radius 2 is 2.29 bits per heavy atom. The largest absolute Gasteiger partial charge is 0.107 e. The maximum Gasteiger partial charge on any atom is 0.0708 e. The molecule has 1 heteroatoms. The molecular formula is C6H9B. The molecule has 2 radical (unpaired) electrons. The van der Waals surface area contributed by atoms with Gasteiger partial charge in [-0.2, -0.15) is 0 Å².